The van der Waals surface area contributed by atoms with Gasteiger partial charge in [0.1, 0.15) is 11.6 Å². The van der Waals surface area contributed by atoms with Crippen LogP contribution in [-0.2, 0) is 0 Å². The predicted molar refractivity (Wildman–Crippen MR) is 73.9 cm³/mol. The molecule has 0 radical (unpaired) electrons. The smallest absolute Gasteiger partial charge is 0.208 e. The number of rotatable bonds is 5. The maximum Gasteiger partial charge on any atom is 0.208 e. The van der Waals surface area contributed by atoms with E-state index in [1.54, 1.807) is 7.11 Å². The van der Waals surface area contributed by atoms with Gasteiger partial charge in [0.05, 0.1) is 18.4 Å². The van der Waals surface area contributed by atoms with Crippen molar-refractivity contribution in [3.05, 3.63) is 35.2 Å². The molecule has 0 saturated heterocycles. The summed E-state index contributed by atoms with van der Waals surface area (Å²) in [6.45, 7) is 3.77. The molecule has 0 unspecified atom stereocenters. The van der Waals surface area contributed by atoms with Gasteiger partial charge in [0.25, 0.3) is 0 Å². The summed E-state index contributed by atoms with van der Waals surface area (Å²) < 4.78 is 5.21. The van der Waals surface area contributed by atoms with Crippen LogP contribution in [0.15, 0.2) is 23.4 Å². The largest absolute Gasteiger partial charge is 0.496 e. The minimum absolute atomic E-state index is 0.00741. The normalized spacial score (nSPS) is 10.5. The third-order valence-corrected chi connectivity index (χ3v) is 3.41. The number of methoxy groups -OCH3 is 1. The standard InChI is InChI=1S/C13H15N3O2S/c1-8-4-5-12(18-3)10(6-8)11(17)7-19-13-14-9(2)15-16-13/h4-6H,7H2,1-3H3,(H,14,15,16). The number of thioether (sulfide) groups is 1. The first-order chi connectivity index (χ1) is 9.10. The number of nitrogens with zero attached hydrogens (tertiary/aromatic N) is 2. The van der Waals surface area contributed by atoms with E-state index in [4.69, 9.17) is 4.74 Å². The number of ketones is 1. The van der Waals surface area contributed by atoms with Gasteiger partial charge in [0, 0.05) is 0 Å². The van der Waals surface area contributed by atoms with E-state index >= 15 is 0 Å². The highest BCUT2D eigenvalue weighted by atomic mass is 32.2. The second kappa shape index (κ2) is 5.88. The quantitative estimate of drug-likeness (QED) is 0.671. The van der Waals surface area contributed by atoms with Crippen molar-refractivity contribution in [2.75, 3.05) is 12.9 Å². The first kappa shape index (κ1) is 13.6. The van der Waals surface area contributed by atoms with Crippen LogP contribution in [0.4, 0.5) is 0 Å². The van der Waals surface area contributed by atoms with Gasteiger partial charge in [-0.15, -0.1) is 5.10 Å². The van der Waals surface area contributed by atoms with E-state index in [0.29, 0.717) is 16.5 Å². The monoisotopic (exact) mass is 277 g/mol. The number of carbonyl (C=O) groups is 1. The van der Waals surface area contributed by atoms with Crippen molar-refractivity contribution >= 4 is 17.5 Å². The Labute approximate surface area is 115 Å². The number of ether oxygens (including phenoxy) is 1. The van der Waals surface area contributed by atoms with Crippen LogP contribution in [0.3, 0.4) is 0 Å². The second-order valence-electron chi connectivity index (χ2n) is 4.12. The van der Waals surface area contributed by atoms with Gasteiger partial charge in [-0.05, 0) is 26.0 Å². The highest BCUT2D eigenvalue weighted by Gasteiger charge is 2.14. The van der Waals surface area contributed by atoms with Crippen LogP contribution < -0.4 is 4.74 Å². The number of benzene rings is 1. The maximum atomic E-state index is 12.2. The molecule has 100 valence electrons. The number of hydrogen-bond acceptors (Lipinski definition) is 5. The summed E-state index contributed by atoms with van der Waals surface area (Å²) in [5, 5.41) is 7.31. The molecule has 0 aliphatic rings. The fourth-order valence-electron chi connectivity index (χ4n) is 1.63. The van der Waals surface area contributed by atoms with Crippen LogP contribution in [0.25, 0.3) is 0 Å². The lowest BCUT2D eigenvalue weighted by Gasteiger charge is -2.07. The van der Waals surface area contributed by atoms with E-state index in [0.717, 1.165) is 11.4 Å². The Kier molecular flexibility index (Phi) is 4.21. The van der Waals surface area contributed by atoms with Crippen LogP contribution in [0, 0.1) is 13.8 Å². The molecule has 0 aliphatic carbocycles. The summed E-state index contributed by atoms with van der Waals surface area (Å²) in [5.41, 5.74) is 1.63. The molecule has 1 aromatic heterocycles. The minimum Gasteiger partial charge on any atom is -0.496 e. The molecule has 0 spiro atoms. The molecule has 2 rings (SSSR count). The van der Waals surface area contributed by atoms with Crippen molar-refractivity contribution < 1.29 is 9.53 Å². The predicted octanol–water partition coefficient (Wildman–Crippen LogP) is 2.41. The topological polar surface area (TPSA) is 67.9 Å². The molecule has 1 N–H and O–H groups in total. The van der Waals surface area contributed by atoms with Gasteiger partial charge in [0.2, 0.25) is 5.16 Å². The molecular formula is C13H15N3O2S. The van der Waals surface area contributed by atoms with E-state index in [2.05, 4.69) is 15.2 Å². The summed E-state index contributed by atoms with van der Waals surface area (Å²) in [4.78, 5) is 16.3. The van der Waals surface area contributed by atoms with Crippen molar-refractivity contribution in [1.82, 2.24) is 15.2 Å². The Bertz CT molecular complexity index is 595. The Hall–Kier alpha value is -1.82. The molecule has 1 heterocycles. The van der Waals surface area contributed by atoms with Crippen molar-refractivity contribution in [3.8, 4) is 5.75 Å². The number of hydrogen-bond donors (Lipinski definition) is 1. The van der Waals surface area contributed by atoms with Gasteiger partial charge in [-0.1, -0.05) is 23.4 Å². The molecule has 6 heteroatoms. The highest BCUT2D eigenvalue weighted by Crippen LogP contribution is 2.23. The van der Waals surface area contributed by atoms with Gasteiger partial charge in [0.15, 0.2) is 5.78 Å². The summed E-state index contributed by atoms with van der Waals surface area (Å²) >= 11 is 1.31. The van der Waals surface area contributed by atoms with Crippen molar-refractivity contribution in [2.45, 2.75) is 19.0 Å². The Morgan fingerprint density at radius 1 is 1.42 bits per heavy atom. The first-order valence-electron chi connectivity index (χ1n) is 5.80. The lowest BCUT2D eigenvalue weighted by molar-refractivity contribution is 0.101. The van der Waals surface area contributed by atoms with Gasteiger partial charge in [-0.25, -0.2) is 4.98 Å². The Morgan fingerprint density at radius 3 is 2.84 bits per heavy atom. The van der Waals surface area contributed by atoms with E-state index in [1.165, 1.54) is 11.8 Å². The third-order valence-electron chi connectivity index (χ3n) is 2.56. The van der Waals surface area contributed by atoms with Crippen LogP contribution in [-0.4, -0.2) is 33.8 Å². The van der Waals surface area contributed by atoms with Gasteiger partial charge >= 0.3 is 0 Å². The number of nitrogens with one attached hydrogen (secondary N) is 1. The van der Waals surface area contributed by atoms with Crippen LogP contribution >= 0.6 is 11.8 Å². The van der Waals surface area contributed by atoms with E-state index in [-0.39, 0.29) is 11.5 Å². The fraction of sp³-hybridized carbons (Fsp3) is 0.308. The summed E-state index contributed by atoms with van der Waals surface area (Å²) in [6.07, 6.45) is 0. The first-order valence-corrected chi connectivity index (χ1v) is 6.78. The van der Waals surface area contributed by atoms with Crippen molar-refractivity contribution in [2.24, 2.45) is 0 Å². The lowest BCUT2D eigenvalue weighted by atomic mass is 10.1. The zero-order chi connectivity index (χ0) is 13.8. The molecule has 19 heavy (non-hydrogen) atoms. The third kappa shape index (κ3) is 3.35. The van der Waals surface area contributed by atoms with E-state index in [9.17, 15) is 4.79 Å². The molecular weight excluding hydrogens is 262 g/mol. The van der Waals surface area contributed by atoms with E-state index < -0.39 is 0 Å². The lowest BCUT2D eigenvalue weighted by Crippen LogP contribution is -2.05. The minimum atomic E-state index is 0.00741. The molecule has 0 fully saturated rings. The summed E-state index contributed by atoms with van der Waals surface area (Å²) in [7, 11) is 1.56. The maximum absolute atomic E-state index is 12.2. The van der Waals surface area contributed by atoms with Crippen LogP contribution in [0.5, 0.6) is 5.75 Å². The zero-order valence-corrected chi connectivity index (χ0v) is 11.9. The average Bonchev–Trinajstić information content (AvgIpc) is 2.81. The molecule has 0 atom stereocenters. The summed E-state index contributed by atoms with van der Waals surface area (Å²) in [5.74, 6) is 1.63. The van der Waals surface area contributed by atoms with Crippen molar-refractivity contribution in [3.63, 3.8) is 0 Å². The fourth-order valence-corrected chi connectivity index (χ4v) is 2.36. The molecule has 0 bridgehead atoms. The number of Topliss-reactive ketones (excluding diaryl/α,β-unsaturated/α-hetero) is 1. The number of aromatic nitrogens is 3. The second-order valence-corrected chi connectivity index (χ2v) is 5.06. The molecule has 2 aromatic rings. The average molecular weight is 277 g/mol. The van der Waals surface area contributed by atoms with Gasteiger partial charge in [-0.2, -0.15) is 0 Å². The molecule has 0 saturated carbocycles. The SMILES string of the molecule is COc1ccc(C)cc1C(=O)CSc1n[nH]c(C)n1. The van der Waals surface area contributed by atoms with E-state index in [1.807, 2.05) is 32.0 Å². The Morgan fingerprint density at radius 2 is 2.21 bits per heavy atom. The zero-order valence-electron chi connectivity index (χ0n) is 11.1. The van der Waals surface area contributed by atoms with Crippen molar-refractivity contribution in [1.29, 1.82) is 0 Å². The molecule has 1 aromatic carbocycles. The molecule has 0 amide bonds. The number of carbonyl (C=O) groups excluding carboxylic acids is 1. The number of aryl methyl sites for hydroxylation is 2. The molecule has 0 aliphatic heterocycles. The number of aromatic amines is 1. The number of H-pyrrole nitrogens is 1. The summed E-state index contributed by atoms with van der Waals surface area (Å²) in [6, 6.07) is 5.57. The van der Waals surface area contributed by atoms with Crippen LogP contribution in [0.2, 0.25) is 0 Å². The highest BCUT2D eigenvalue weighted by molar-refractivity contribution is 7.99. The van der Waals surface area contributed by atoms with Gasteiger partial charge < -0.3 is 4.74 Å². The van der Waals surface area contributed by atoms with Gasteiger partial charge in [-0.3, -0.25) is 9.89 Å². The van der Waals surface area contributed by atoms with Crippen LogP contribution in [0.1, 0.15) is 21.7 Å². The Balaban J connectivity index is 2.09. The molecule has 5 nitrogen and oxygen atoms in total.